The van der Waals surface area contributed by atoms with E-state index < -0.39 is 22.0 Å². The Hall–Kier alpha value is -1.38. The Morgan fingerprint density at radius 3 is 2.83 bits per heavy atom. The highest BCUT2D eigenvalue weighted by molar-refractivity contribution is 7.89. The summed E-state index contributed by atoms with van der Waals surface area (Å²) in [6.45, 7) is 0.122. The third kappa shape index (κ3) is 2.14. The maximum Gasteiger partial charge on any atom is 0.352 e. The van der Waals surface area contributed by atoms with Crippen LogP contribution < -0.4 is 0 Å². The molecule has 2 rings (SSSR count). The van der Waals surface area contributed by atoms with Crippen molar-refractivity contribution in [2.45, 2.75) is 23.8 Å². The van der Waals surface area contributed by atoms with Crippen LogP contribution in [0.1, 0.15) is 23.3 Å². The van der Waals surface area contributed by atoms with E-state index in [9.17, 15) is 13.2 Å². The highest BCUT2D eigenvalue weighted by Gasteiger charge is 2.35. The van der Waals surface area contributed by atoms with Crippen molar-refractivity contribution < 1.29 is 23.4 Å². The zero-order valence-electron chi connectivity index (χ0n) is 9.54. The molecule has 3 N–H and O–H groups in total. The second-order valence-electron chi connectivity index (χ2n) is 4.15. The van der Waals surface area contributed by atoms with Crippen LogP contribution in [-0.2, 0) is 10.0 Å². The monoisotopic (exact) mass is 274 g/mol. The van der Waals surface area contributed by atoms with Gasteiger partial charge in [0.15, 0.2) is 0 Å². The first kappa shape index (κ1) is 13.1. The molecule has 0 aromatic carbocycles. The fourth-order valence-corrected chi connectivity index (χ4v) is 3.77. The number of hydrogen-bond donors (Lipinski definition) is 3. The molecule has 0 spiro atoms. The lowest BCUT2D eigenvalue weighted by atomic mass is 10.2. The number of sulfonamides is 1. The maximum absolute atomic E-state index is 12.2. The van der Waals surface area contributed by atoms with Gasteiger partial charge in [-0.15, -0.1) is 0 Å². The smallest absolute Gasteiger partial charge is 0.352 e. The number of aliphatic hydroxyl groups excluding tert-OH is 1. The van der Waals surface area contributed by atoms with Crippen LogP contribution in [0.25, 0.3) is 0 Å². The van der Waals surface area contributed by atoms with Crippen LogP contribution >= 0.6 is 0 Å². The minimum absolute atomic E-state index is 0.0831. The molecular weight excluding hydrogens is 260 g/mol. The lowest BCUT2D eigenvalue weighted by molar-refractivity contribution is 0.0691. The van der Waals surface area contributed by atoms with E-state index in [4.69, 9.17) is 10.2 Å². The molecule has 0 radical (unpaired) electrons. The lowest BCUT2D eigenvalue weighted by Gasteiger charge is -2.21. The van der Waals surface area contributed by atoms with Gasteiger partial charge in [0.25, 0.3) is 0 Å². The zero-order chi connectivity index (χ0) is 13.3. The summed E-state index contributed by atoms with van der Waals surface area (Å²) in [4.78, 5) is 13.0. The van der Waals surface area contributed by atoms with Crippen molar-refractivity contribution in [3.05, 3.63) is 18.0 Å². The minimum atomic E-state index is -3.73. The van der Waals surface area contributed by atoms with Crippen molar-refractivity contribution in [2.75, 3.05) is 13.2 Å². The van der Waals surface area contributed by atoms with Gasteiger partial charge in [-0.3, -0.25) is 0 Å². The molecule has 0 aliphatic carbocycles. The number of carbonyl (C=O) groups is 1. The molecule has 1 unspecified atom stereocenters. The Labute approximate surface area is 104 Å². The number of nitrogens with one attached hydrogen (secondary N) is 1. The zero-order valence-corrected chi connectivity index (χ0v) is 10.4. The van der Waals surface area contributed by atoms with Gasteiger partial charge < -0.3 is 15.2 Å². The second-order valence-corrected chi connectivity index (χ2v) is 6.04. The summed E-state index contributed by atoms with van der Waals surface area (Å²) >= 11 is 0. The van der Waals surface area contributed by atoms with Crippen LogP contribution in [0.2, 0.25) is 0 Å². The Morgan fingerprint density at radius 1 is 1.56 bits per heavy atom. The summed E-state index contributed by atoms with van der Waals surface area (Å²) in [5, 5.41) is 17.9. The Bertz CT molecular complexity index is 550. The van der Waals surface area contributed by atoms with Crippen molar-refractivity contribution in [3.8, 4) is 0 Å². The van der Waals surface area contributed by atoms with Crippen LogP contribution in [0.15, 0.2) is 17.2 Å². The third-order valence-electron chi connectivity index (χ3n) is 3.03. The van der Waals surface area contributed by atoms with Crippen LogP contribution in [-0.4, -0.2) is 53.1 Å². The van der Waals surface area contributed by atoms with E-state index >= 15 is 0 Å². The number of aliphatic hydroxyl groups is 1. The number of rotatable bonds is 4. The highest BCUT2D eigenvalue weighted by Crippen LogP contribution is 2.26. The SMILES string of the molecule is O=C(O)c1cc(S(=O)(=O)N2CCCC2CO)c[nH]1. The number of carboxylic acid groups (broad SMARTS) is 1. The summed E-state index contributed by atoms with van der Waals surface area (Å²) < 4.78 is 25.7. The number of aromatic nitrogens is 1. The van der Waals surface area contributed by atoms with Crippen LogP contribution in [0.3, 0.4) is 0 Å². The van der Waals surface area contributed by atoms with Gasteiger partial charge >= 0.3 is 5.97 Å². The second kappa shape index (κ2) is 4.71. The first-order valence-corrected chi connectivity index (χ1v) is 6.95. The van der Waals surface area contributed by atoms with Gasteiger partial charge in [-0.05, 0) is 18.9 Å². The van der Waals surface area contributed by atoms with Gasteiger partial charge in [-0.1, -0.05) is 0 Å². The quantitative estimate of drug-likeness (QED) is 0.707. The largest absolute Gasteiger partial charge is 0.477 e. The topological polar surface area (TPSA) is 111 Å². The number of carboxylic acids is 1. The first-order chi connectivity index (χ1) is 8.46. The van der Waals surface area contributed by atoms with E-state index in [0.717, 1.165) is 12.3 Å². The molecule has 1 atom stereocenters. The van der Waals surface area contributed by atoms with Crippen molar-refractivity contribution in [2.24, 2.45) is 0 Å². The van der Waals surface area contributed by atoms with Crippen molar-refractivity contribution in [3.63, 3.8) is 0 Å². The molecule has 8 heteroatoms. The Kier molecular flexibility index (Phi) is 3.42. The van der Waals surface area contributed by atoms with E-state index in [1.807, 2.05) is 0 Å². The van der Waals surface area contributed by atoms with Gasteiger partial charge in [0.2, 0.25) is 10.0 Å². The summed E-state index contributed by atoms with van der Waals surface area (Å²) in [7, 11) is -3.73. The number of nitrogens with zero attached hydrogens (tertiary/aromatic N) is 1. The molecular formula is C10H14N2O5S. The molecule has 1 aromatic heterocycles. The number of aromatic carboxylic acids is 1. The number of H-pyrrole nitrogens is 1. The predicted molar refractivity (Wildman–Crippen MR) is 61.8 cm³/mol. The fraction of sp³-hybridized carbons (Fsp3) is 0.500. The molecule has 1 aromatic rings. The molecule has 0 amide bonds. The Balaban J connectivity index is 2.32. The van der Waals surface area contributed by atoms with Gasteiger partial charge in [0, 0.05) is 18.8 Å². The third-order valence-corrected chi connectivity index (χ3v) is 4.96. The van der Waals surface area contributed by atoms with Crippen molar-refractivity contribution in [1.29, 1.82) is 0 Å². The number of aromatic amines is 1. The van der Waals surface area contributed by atoms with Gasteiger partial charge in [-0.2, -0.15) is 4.31 Å². The van der Waals surface area contributed by atoms with Gasteiger partial charge in [0.05, 0.1) is 6.61 Å². The van der Waals surface area contributed by atoms with Crippen LogP contribution in [0.5, 0.6) is 0 Å². The molecule has 1 aliphatic heterocycles. The lowest BCUT2D eigenvalue weighted by Crippen LogP contribution is -2.37. The normalized spacial score (nSPS) is 21.3. The molecule has 7 nitrogen and oxygen atoms in total. The summed E-state index contributed by atoms with van der Waals surface area (Å²) in [6.07, 6.45) is 2.47. The van der Waals surface area contributed by atoms with Gasteiger partial charge in [-0.25, -0.2) is 13.2 Å². The number of hydrogen-bond acceptors (Lipinski definition) is 4. The molecule has 1 aliphatic rings. The molecule has 1 saturated heterocycles. The fourth-order valence-electron chi connectivity index (χ4n) is 2.09. The van der Waals surface area contributed by atoms with E-state index in [0.29, 0.717) is 19.4 Å². The first-order valence-electron chi connectivity index (χ1n) is 5.51. The van der Waals surface area contributed by atoms with E-state index in [1.54, 1.807) is 0 Å². The van der Waals surface area contributed by atoms with Gasteiger partial charge in [0.1, 0.15) is 10.6 Å². The molecule has 0 bridgehead atoms. The van der Waals surface area contributed by atoms with E-state index in [-0.39, 0.29) is 17.2 Å². The highest BCUT2D eigenvalue weighted by atomic mass is 32.2. The van der Waals surface area contributed by atoms with E-state index in [1.165, 1.54) is 4.31 Å². The average molecular weight is 274 g/mol. The predicted octanol–water partition coefficient (Wildman–Crippen LogP) is -0.142. The maximum atomic E-state index is 12.2. The molecule has 2 heterocycles. The molecule has 1 fully saturated rings. The summed E-state index contributed by atoms with van der Waals surface area (Å²) in [5.41, 5.74) is -0.173. The van der Waals surface area contributed by atoms with Crippen molar-refractivity contribution in [1.82, 2.24) is 9.29 Å². The molecule has 18 heavy (non-hydrogen) atoms. The average Bonchev–Trinajstić information content (AvgIpc) is 2.98. The Morgan fingerprint density at radius 2 is 2.28 bits per heavy atom. The standard InChI is InChI=1S/C10H14N2O5S/c13-6-7-2-1-3-12(7)18(16,17)8-4-9(10(14)15)11-5-8/h4-5,7,11,13H,1-3,6H2,(H,14,15). The summed E-state index contributed by atoms with van der Waals surface area (Å²) in [5.74, 6) is -1.21. The van der Waals surface area contributed by atoms with Crippen LogP contribution in [0, 0.1) is 0 Å². The summed E-state index contributed by atoms with van der Waals surface area (Å²) in [6, 6.07) is 0.669. The van der Waals surface area contributed by atoms with Crippen LogP contribution in [0.4, 0.5) is 0 Å². The molecule has 0 saturated carbocycles. The van der Waals surface area contributed by atoms with Crippen molar-refractivity contribution >= 4 is 16.0 Å². The minimum Gasteiger partial charge on any atom is -0.477 e. The van der Waals surface area contributed by atoms with E-state index in [2.05, 4.69) is 4.98 Å². The molecule has 100 valence electrons.